The van der Waals surface area contributed by atoms with Gasteiger partial charge in [-0.3, -0.25) is 0 Å². The van der Waals surface area contributed by atoms with Gasteiger partial charge in [-0.15, -0.1) is 0 Å². The van der Waals surface area contributed by atoms with Crippen molar-refractivity contribution in [1.82, 2.24) is 9.66 Å². The molecule has 2 aromatic rings. The van der Waals surface area contributed by atoms with Crippen LogP contribution in [0.5, 0.6) is 0 Å². The number of aliphatic imine (C=N–C) groups is 1. The van der Waals surface area contributed by atoms with Crippen molar-refractivity contribution in [3.05, 3.63) is 47.0 Å². The van der Waals surface area contributed by atoms with Gasteiger partial charge in [0.2, 0.25) is 5.95 Å². The molecule has 1 aromatic carbocycles. The van der Waals surface area contributed by atoms with Gasteiger partial charge in [0.15, 0.2) is 0 Å². The van der Waals surface area contributed by atoms with Gasteiger partial charge in [-0.2, -0.15) is 10.4 Å². The fraction of sp³-hybridized carbons (Fsp3) is 0.200. The summed E-state index contributed by atoms with van der Waals surface area (Å²) < 4.78 is 15.1. The van der Waals surface area contributed by atoms with Crippen LogP contribution in [0.1, 0.15) is 30.7 Å². The maximum Gasteiger partial charge on any atom is 0.250 e. The summed E-state index contributed by atoms with van der Waals surface area (Å²) >= 11 is 0. The van der Waals surface area contributed by atoms with Gasteiger partial charge >= 0.3 is 0 Å². The summed E-state index contributed by atoms with van der Waals surface area (Å²) in [7, 11) is 0. The van der Waals surface area contributed by atoms with E-state index >= 15 is 0 Å². The Bertz CT molecular complexity index is 737. The zero-order chi connectivity index (χ0) is 15.2. The number of imidazole rings is 1. The first-order valence-corrected chi connectivity index (χ1v) is 6.49. The molecule has 1 heterocycles. The number of nitriles is 1. The number of hydrogen-bond donors (Lipinski definition) is 0. The highest BCUT2D eigenvalue weighted by molar-refractivity contribution is 5.79. The molecular weight excluding hydrogens is 269 g/mol. The molecule has 5 nitrogen and oxygen atoms in total. The molecule has 0 unspecified atom stereocenters. The molecule has 0 atom stereocenters. The van der Waals surface area contributed by atoms with Crippen LogP contribution < -0.4 is 0 Å². The van der Waals surface area contributed by atoms with Gasteiger partial charge in [-0.25, -0.2) is 19.0 Å². The molecule has 106 valence electrons. The highest BCUT2D eigenvalue weighted by atomic mass is 19.1. The van der Waals surface area contributed by atoms with Crippen molar-refractivity contribution < 1.29 is 4.39 Å². The summed E-state index contributed by atoms with van der Waals surface area (Å²) in [6, 6.07) is 6.12. The van der Waals surface area contributed by atoms with E-state index in [1.54, 1.807) is 36.1 Å². The van der Waals surface area contributed by atoms with Gasteiger partial charge in [0.1, 0.15) is 11.9 Å². The van der Waals surface area contributed by atoms with Crippen LogP contribution in [0, 0.1) is 17.1 Å². The van der Waals surface area contributed by atoms with Gasteiger partial charge in [-0.1, -0.05) is 13.0 Å². The van der Waals surface area contributed by atoms with Crippen LogP contribution in [0.3, 0.4) is 0 Å². The second-order valence-corrected chi connectivity index (χ2v) is 4.20. The molecule has 6 heteroatoms. The molecule has 0 bridgehead atoms. The molecular formula is C15H14FN5. The summed E-state index contributed by atoms with van der Waals surface area (Å²) in [6.07, 6.45) is 5.61. The lowest BCUT2D eigenvalue weighted by atomic mass is 10.1. The predicted octanol–water partition coefficient (Wildman–Crippen LogP) is 3.06. The van der Waals surface area contributed by atoms with E-state index in [0.29, 0.717) is 11.5 Å². The van der Waals surface area contributed by atoms with Gasteiger partial charge in [0, 0.05) is 6.21 Å². The number of aryl methyl sites for hydroxylation is 1. The maximum atomic E-state index is 13.5. The molecule has 0 radical (unpaired) electrons. The highest BCUT2D eigenvalue weighted by Crippen LogP contribution is 2.14. The maximum absolute atomic E-state index is 13.5. The number of halogens is 1. The van der Waals surface area contributed by atoms with Crippen molar-refractivity contribution in [2.45, 2.75) is 20.3 Å². The van der Waals surface area contributed by atoms with Crippen LogP contribution >= 0.6 is 0 Å². The normalized spacial score (nSPS) is 11.3. The first kappa shape index (κ1) is 14.6. The summed E-state index contributed by atoms with van der Waals surface area (Å²) in [5, 5.41) is 13.0. The van der Waals surface area contributed by atoms with E-state index in [2.05, 4.69) is 15.1 Å². The number of aromatic nitrogens is 2. The fourth-order valence-electron chi connectivity index (χ4n) is 1.77. The molecule has 0 amide bonds. The van der Waals surface area contributed by atoms with E-state index < -0.39 is 5.82 Å². The molecule has 0 spiro atoms. The second-order valence-electron chi connectivity index (χ2n) is 4.20. The van der Waals surface area contributed by atoms with Crippen molar-refractivity contribution in [1.29, 1.82) is 5.26 Å². The summed E-state index contributed by atoms with van der Waals surface area (Å²) in [4.78, 5) is 8.30. The molecule has 0 saturated heterocycles. The SMILES string of the molecule is CC=Nc1ncc(CC)n1/N=C/c1ccc(C#N)c(F)c1. The first-order valence-electron chi connectivity index (χ1n) is 6.49. The summed E-state index contributed by atoms with van der Waals surface area (Å²) in [6.45, 7) is 3.79. The van der Waals surface area contributed by atoms with Gasteiger partial charge < -0.3 is 0 Å². The van der Waals surface area contributed by atoms with E-state index in [1.165, 1.54) is 18.3 Å². The average Bonchev–Trinajstić information content (AvgIpc) is 2.87. The van der Waals surface area contributed by atoms with Crippen LogP contribution in [-0.2, 0) is 6.42 Å². The molecule has 21 heavy (non-hydrogen) atoms. The Kier molecular flexibility index (Phi) is 4.57. The fourth-order valence-corrected chi connectivity index (χ4v) is 1.77. The summed E-state index contributed by atoms with van der Waals surface area (Å²) in [5.74, 6) is -0.0886. The number of nitrogens with zero attached hydrogens (tertiary/aromatic N) is 5. The van der Waals surface area contributed by atoms with E-state index in [4.69, 9.17) is 5.26 Å². The second kappa shape index (κ2) is 6.57. The molecule has 0 fully saturated rings. The largest absolute Gasteiger partial charge is 0.250 e. The van der Waals surface area contributed by atoms with Crippen LogP contribution in [0.4, 0.5) is 10.3 Å². The lowest BCUT2D eigenvalue weighted by Crippen LogP contribution is -1.96. The number of hydrogen-bond acceptors (Lipinski definition) is 4. The number of rotatable bonds is 4. The van der Waals surface area contributed by atoms with Crippen LogP contribution in [0.25, 0.3) is 0 Å². The van der Waals surface area contributed by atoms with Crippen molar-refractivity contribution in [3.63, 3.8) is 0 Å². The monoisotopic (exact) mass is 283 g/mol. The van der Waals surface area contributed by atoms with Crippen molar-refractivity contribution in [3.8, 4) is 6.07 Å². The average molecular weight is 283 g/mol. The van der Waals surface area contributed by atoms with E-state index in [1.807, 2.05) is 6.92 Å². The molecule has 0 aliphatic heterocycles. The lowest BCUT2D eigenvalue weighted by Gasteiger charge is -2.01. The molecule has 1 aromatic heterocycles. The standard InChI is InChI=1S/C15H14FN5/c1-3-13-10-19-15(18-4-2)21(13)20-9-11-5-6-12(8-17)14(16)7-11/h4-7,9-10H,3H2,1-2H3/b18-4?,20-9+. The van der Waals surface area contributed by atoms with Crippen LogP contribution in [0.2, 0.25) is 0 Å². The third-order valence-electron chi connectivity index (χ3n) is 2.83. The smallest absolute Gasteiger partial charge is 0.224 e. The first-order chi connectivity index (χ1) is 10.2. The van der Waals surface area contributed by atoms with E-state index in [0.717, 1.165) is 12.1 Å². The Hall–Kier alpha value is -2.81. The third-order valence-corrected chi connectivity index (χ3v) is 2.83. The zero-order valence-electron chi connectivity index (χ0n) is 11.8. The minimum atomic E-state index is -0.561. The Morgan fingerprint density at radius 2 is 2.29 bits per heavy atom. The predicted molar refractivity (Wildman–Crippen MR) is 79.5 cm³/mol. The Morgan fingerprint density at radius 1 is 1.48 bits per heavy atom. The molecule has 0 saturated carbocycles. The van der Waals surface area contributed by atoms with E-state index in [9.17, 15) is 4.39 Å². The molecule has 0 aliphatic carbocycles. The minimum absolute atomic E-state index is 0.0142. The van der Waals surface area contributed by atoms with E-state index in [-0.39, 0.29) is 5.56 Å². The topological polar surface area (TPSA) is 66.3 Å². The summed E-state index contributed by atoms with van der Waals surface area (Å²) in [5.41, 5.74) is 1.48. The molecule has 2 rings (SSSR count). The molecule has 0 aliphatic rings. The van der Waals surface area contributed by atoms with Crippen molar-refractivity contribution in [2.75, 3.05) is 0 Å². The highest BCUT2D eigenvalue weighted by Gasteiger charge is 2.06. The third kappa shape index (κ3) is 3.20. The van der Waals surface area contributed by atoms with Gasteiger partial charge in [0.05, 0.1) is 23.7 Å². The Balaban J connectivity index is 2.35. The Morgan fingerprint density at radius 3 is 2.90 bits per heavy atom. The zero-order valence-corrected chi connectivity index (χ0v) is 11.8. The van der Waals surface area contributed by atoms with Gasteiger partial charge in [0.25, 0.3) is 0 Å². The van der Waals surface area contributed by atoms with Crippen LogP contribution in [-0.4, -0.2) is 22.1 Å². The van der Waals surface area contributed by atoms with Crippen molar-refractivity contribution >= 4 is 18.4 Å². The number of benzene rings is 1. The van der Waals surface area contributed by atoms with Gasteiger partial charge in [-0.05, 0) is 31.0 Å². The Labute approximate surface area is 122 Å². The lowest BCUT2D eigenvalue weighted by molar-refractivity contribution is 0.623. The quantitative estimate of drug-likeness (QED) is 0.809. The molecule has 0 N–H and O–H groups in total. The van der Waals surface area contributed by atoms with Crippen molar-refractivity contribution in [2.24, 2.45) is 10.1 Å². The minimum Gasteiger partial charge on any atom is -0.224 e. The van der Waals surface area contributed by atoms with Crippen LogP contribution in [0.15, 0.2) is 34.5 Å².